The van der Waals surface area contributed by atoms with Crippen molar-refractivity contribution in [2.24, 2.45) is 10.8 Å². The van der Waals surface area contributed by atoms with E-state index in [0.29, 0.717) is 0 Å². The zero-order valence-corrected chi connectivity index (χ0v) is 12.7. The Morgan fingerprint density at radius 1 is 0.650 bits per heavy atom. The molecule has 0 aromatic rings. The van der Waals surface area contributed by atoms with Gasteiger partial charge in [-0.05, 0) is 25.7 Å². The maximum absolute atomic E-state index is 12.6. The molecule has 0 aliphatic heterocycles. The van der Waals surface area contributed by atoms with E-state index in [-0.39, 0.29) is 11.9 Å². The van der Waals surface area contributed by atoms with Crippen molar-refractivity contribution < 1.29 is 19.1 Å². The van der Waals surface area contributed by atoms with Crippen LogP contribution in [0.3, 0.4) is 0 Å². The lowest BCUT2D eigenvalue weighted by Crippen LogP contribution is -2.55. The van der Waals surface area contributed by atoms with Crippen molar-refractivity contribution in [2.45, 2.75) is 64.2 Å². The summed E-state index contributed by atoms with van der Waals surface area (Å²) >= 11 is 0. The van der Waals surface area contributed by atoms with Crippen LogP contribution in [0.25, 0.3) is 0 Å². The van der Waals surface area contributed by atoms with Crippen LogP contribution in [0.15, 0.2) is 0 Å². The summed E-state index contributed by atoms with van der Waals surface area (Å²) in [5, 5.41) is 0. The Morgan fingerprint density at radius 3 is 1.20 bits per heavy atom. The fraction of sp³-hybridized carbons (Fsp3) is 0.875. The molecule has 20 heavy (non-hydrogen) atoms. The molecule has 2 aliphatic carbocycles. The highest BCUT2D eigenvalue weighted by molar-refractivity contribution is 5.88. The van der Waals surface area contributed by atoms with Crippen molar-refractivity contribution in [3.8, 4) is 0 Å². The average Bonchev–Trinajstić information content (AvgIpc) is 2.54. The molecule has 0 N–H and O–H groups in total. The number of carbonyl (C=O) groups is 2. The molecule has 0 amide bonds. The molecule has 4 nitrogen and oxygen atoms in total. The zero-order chi connectivity index (χ0) is 14.6. The Labute approximate surface area is 121 Å². The van der Waals surface area contributed by atoms with Gasteiger partial charge in [0.2, 0.25) is 0 Å². The van der Waals surface area contributed by atoms with E-state index in [2.05, 4.69) is 0 Å². The molecular weight excluding hydrogens is 256 g/mol. The quantitative estimate of drug-likeness (QED) is 0.746. The number of carbonyl (C=O) groups excluding carboxylic acids is 2. The van der Waals surface area contributed by atoms with Crippen LogP contribution in [0.2, 0.25) is 0 Å². The molecule has 0 aromatic carbocycles. The highest BCUT2D eigenvalue weighted by Gasteiger charge is 2.61. The third-order valence-electron chi connectivity index (χ3n) is 5.48. The van der Waals surface area contributed by atoms with Crippen LogP contribution in [0.5, 0.6) is 0 Å². The number of esters is 2. The molecule has 0 heterocycles. The third-order valence-corrected chi connectivity index (χ3v) is 5.48. The third kappa shape index (κ3) is 2.23. The van der Waals surface area contributed by atoms with Gasteiger partial charge >= 0.3 is 11.9 Å². The van der Waals surface area contributed by atoms with E-state index in [1.54, 1.807) is 0 Å². The van der Waals surface area contributed by atoms with E-state index in [1.807, 2.05) is 0 Å². The lowest BCUT2D eigenvalue weighted by atomic mass is 9.52. The molecule has 0 unspecified atom stereocenters. The summed E-state index contributed by atoms with van der Waals surface area (Å²) in [7, 11) is 2.87. The maximum atomic E-state index is 12.6. The second-order valence-electron chi connectivity index (χ2n) is 6.27. The molecule has 0 spiro atoms. The molecule has 0 radical (unpaired) electrons. The fourth-order valence-corrected chi connectivity index (χ4v) is 4.46. The number of methoxy groups -OCH3 is 2. The molecule has 2 fully saturated rings. The molecule has 114 valence electrons. The first-order valence-electron chi connectivity index (χ1n) is 7.80. The van der Waals surface area contributed by atoms with Crippen molar-refractivity contribution in [1.82, 2.24) is 0 Å². The van der Waals surface area contributed by atoms with Gasteiger partial charge in [-0.1, -0.05) is 38.5 Å². The molecule has 0 saturated heterocycles. The molecule has 2 rings (SSSR count). The first-order valence-corrected chi connectivity index (χ1v) is 7.80. The average molecular weight is 282 g/mol. The molecule has 2 saturated carbocycles. The van der Waals surface area contributed by atoms with Gasteiger partial charge < -0.3 is 9.47 Å². The molecule has 0 atom stereocenters. The molecule has 2 aliphatic rings. The summed E-state index contributed by atoms with van der Waals surface area (Å²) in [6, 6.07) is 0. The van der Waals surface area contributed by atoms with Crippen LogP contribution in [0, 0.1) is 10.8 Å². The Hall–Kier alpha value is -1.06. The van der Waals surface area contributed by atoms with Crippen LogP contribution in [-0.2, 0) is 19.1 Å². The van der Waals surface area contributed by atoms with Gasteiger partial charge in [-0.3, -0.25) is 9.59 Å². The summed E-state index contributed by atoms with van der Waals surface area (Å²) in [4.78, 5) is 25.2. The highest BCUT2D eigenvalue weighted by atomic mass is 16.5. The van der Waals surface area contributed by atoms with Gasteiger partial charge in [-0.2, -0.15) is 0 Å². The Bertz CT molecular complexity index is 327. The standard InChI is InChI=1S/C16H26O4/c1-19-13(17)15(9-5-3-6-10-15)16(14(18)20-2)11-7-4-8-12-16/h3-12H2,1-2H3. The summed E-state index contributed by atoms with van der Waals surface area (Å²) in [6.45, 7) is 0. The number of rotatable bonds is 3. The predicted molar refractivity (Wildman–Crippen MR) is 75.1 cm³/mol. The van der Waals surface area contributed by atoms with Crippen LogP contribution in [0.4, 0.5) is 0 Å². The summed E-state index contributed by atoms with van der Waals surface area (Å²) in [6.07, 6.45) is 9.28. The van der Waals surface area contributed by atoms with Crippen molar-refractivity contribution in [2.75, 3.05) is 14.2 Å². The number of hydrogen-bond acceptors (Lipinski definition) is 4. The van der Waals surface area contributed by atoms with Crippen LogP contribution < -0.4 is 0 Å². The van der Waals surface area contributed by atoms with E-state index in [4.69, 9.17) is 9.47 Å². The zero-order valence-electron chi connectivity index (χ0n) is 12.7. The smallest absolute Gasteiger partial charge is 0.312 e. The summed E-state index contributed by atoms with van der Waals surface area (Å²) in [5.41, 5.74) is -1.32. The second-order valence-corrected chi connectivity index (χ2v) is 6.27. The van der Waals surface area contributed by atoms with Crippen LogP contribution in [-0.4, -0.2) is 26.2 Å². The van der Waals surface area contributed by atoms with Gasteiger partial charge in [-0.25, -0.2) is 0 Å². The SMILES string of the molecule is COC(=O)C1(C2(C(=O)OC)CCCCC2)CCCCC1. The Morgan fingerprint density at radius 2 is 0.950 bits per heavy atom. The van der Waals surface area contributed by atoms with E-state index in [1.165, 1.54) is 14.2 Å². The van der Waals surface area contributed by atoms with Crippen molar-refractivity contribution >= 4 is 11.9 Å². The minimum Gasteiger partial charge on any atom is -0.469 e. The monoisotopic (exact) mass is 282 g/mol. The fourth-order valence-electron chi connectivity index (χ4n) is 4.46. The van der Waals surface area contributed by atoms with E-state index in [9.17, 15) is 9.59 Å². The minimum absolute atomic E-state index is 0.204. The van der Waals surface area contributed by atoms with Crippen molar-refractivity contribution in [3.63, 3.8) is 0 Å². The lowest BCUT2D eigenvalue weighted by molar-refractivity contribution is -0.186. The van der Waals surface area contributed by atoms with Gasteiger partial charge in [0, 0.05) is 0 Å². The summed E-state index contributed by atoms with van der Waals surface area (Å²) in [5.74, 6) is -0.408. The molecular formula is C16H26O4. The highest BCUT2D eigenvalue weighted by Crippen LogP contribution is 2.58. The first kappa shape index (κ1) is 15.3. The second kappa shape index (κ2) is 6.15. The first-order chi connectivity index (χ1) is 9.63. The van der Waals surface area contributed by atoms with Crippen molar-refractivity contribution in [3.05, 3.63) is 0 Å². The van der Waals surface area contributed by atoms with Gasteiger partial charge in [0.1, 0.15) is 0 Å². The van der Waals surface area contributed by atoms with E-state index >= 15 is 0 Å². The molecule has 0 bridgehead atoms. The van der Waals surface area contributed by atoms with E-state index in [0.717, 1.165) is 64.2 Å². The van der Waals surface area contributed by atoms with Gasteiger partial charge in [-0.15, -0.1) is 0 Å². The van der Waals surface area contributed by atoms with Gasteiger partial charge in [0.05, 0.1) is 25.0 Å². The normalized spacial score (nSPS) is 24.7. The maximum Gasteiger partial charge on any atom is 0.312 e. The van der Waals surface area contributed by atoms with Crippen LogP contribution >= 0.6 is 0 Å². The largest absolute Gasteiger partial charge is 0.469 e. The van der Waals surface area contributed by atoms with Crippen LogP contribution in [0.1, 0.15) is 64.2 Å². The Kier molecular flexibility index (Phi) is 4.71. The topological polar surface area (TPSA) is 52.6 Å². The lowest BCUT2D eigenvalue weighted by Gasteiger charge is -2.50. The van der Waals surface area contributed by atoms with Crippen molar-refractivity contribution in [1.29, 1.82) is 0 Å². The molecule has 4 heteroatoms. The minimum atomic E-state index is -0.659. The molecule has 0 aromatic heterocycles. The number of hydrogen-bond donors (Lipinski definition) is 0. The van der Waals surface area contributed by atoms with Gasteiger partial charge in [0.15, 0.2) is 0 Å². The van der Waals surface area contributed by atoms with Gasteiger partial charge in [0.25, 0.3) is 0 Å². The summed E-state index contributed by atoms with van der Waals surface area (Å²) < 4.78 is 10.2. The predicted octanol–water partition coefficient (Wildman–Crippen LogP) is 3.23. The van der Waals surface area contributed by atoms with E-state index < -0.39 is 10.8 Å². The Balaban J connectivity index is 2.45. The number of ether oxygens (including phenoxy) is 2.